The molecular weight excluding hydrogens is 486 g/mol. The fraction of sp³-hybridized carbons (Fsp3) is 0.577. The van der Waals surface area contributed by atoms with Gasteiger partial charge in [-0.1, -0.05) is 0 Å². The van der Waals surface area contributed by atoms with Gasteiger partial charge < -0.3 is 36.8 Å². The minimum absolute atomic E-state index is 0.0140. The van der Waals surface area contributed by atoms with Gasteiger partial charge in [0.15, 0.2) is 5.84 Å². The Labute approximate surface area is 222 Å². The molecule has 0 aromatic carbocycles. The first kappa shape index (κ1) is 25.7. The number of likely N-dealkylation sites (N-methyl/N-ethyl adjacent to an activating group) is 1. The van der Waals surface area contributed by atoms with Gasteiger partial charge in [0.25, 0.3) is 0 Å². The summed E-state index contributed by atoms with van der Waals surface area (Å²) < 4.78 is 0. The van der Waals surface area contributed by atoms with Crippen molar-refractivity contribution in [1.82, 2.24) is 20.5 Å². The van der Waals surface area contributed by atoms with Crippen molar-refractivity contribution >= 4 is 45.3 Å². The number of amidine groups is 1. The molecule has 2 aromatic rings. The lowest BCUT2D eigenvalue weighted by Gasteiger charge is -2.40. The van der Waals surface area contributed by atoms with Crippen LogP contribution < -0.4 is 31.9 Å². The number of thiophene rings is 1. The molecule has 1 unspecified atom stereocenters. The van der Waals surface area contributed by atoms with E-state index in [0.29, 0.717) is 28.8 Å². The van der Waals surface area contributed by atoms with Gasteiger partial charge in [-0.05, 0) is 46.2 Å². The van der Waals surface area contributed by atoms with E-state index in [1.807, 2.05) is 13.0 Å². The van der Waals surface area contributed by atoms with Crippen LogP contribution in [0.25, 0.3) is 0 Å². The normalized spacial score (nSPS) is 24.6. The molecule has 2 aromatic heterocycles. The number of carbonyl (C=O) groups is 1. The smallest absolute Gasteiger partial charge is 0.236 e. The minimum atomic E-state index is -0.830. The molecule has 2 saturated heterocycles. The first-order chi connectivity index (χ1) is 17.7. The van der Waals surface area contributed by atoms with E-state index >= 15 is 0 Å². The molecule has 0 radical (unpaired) electrons. The zero-order chi connectivity index (χ0) is 26.3. The number of nitrogens with two attached hydrogens (primary N) is 2. The summed E-state index contributed by atoms with van der Waals surface area (Å²) in [6.45, 7) is 10.5. The van der Waals surface area contributed by atoms with E-state index in [-0.39, 0.29) is 11.7 Å². The molecule has 2 aliphatic heterocycles. The lowest BCUT2D eigenvalue weighted by Crippen LogP contribution is -2.51. The van der Waals surface area contributed by atoms with Crippen molar-refractivity contribution in [2.75, 3.05) is 74.1 Å². The number of hydrogen-bond acceptors (Lipinski definition) is 10. The summed E-state index contributed by atoms with van der Waals surface area (Å²) in [6, 6.07) is 4.37. The number of piperazine rings is 2. The molecule has 7 N–H and O–H groups in total. The number of nitrogens with zero attached hydrogens (tertiary/aromatic N) is 4. The van der Waals surface area contributed by atoms with E-state index in [4.69, 9.17) is 21.9 Å². The van der Waals surface area contributed by atoms with Gasteiger partial charge in [0.05, 0.1) is 11.1 Å². The maximum Gasteiger partial charge on any atom is 0.236 e. The van der Waals surface area contributed by atoms with Crippen LogP contribution in [0.4, 0.5) is 22.2 Å². The third kappa shape index (κ3) is 4.87. The number of aromatic nitrogens is 1. The van der Waals surface area contributed by atoms with Crippen LogP contribution in [0.1, 0.15) is 42.8 Å². The van der Waals surface area contributed by atoms with E-state index in [1.54, 1.807) is 0 Å². The predicted octanol–water partition coefficient (Wildman–Crippen LogP) is 1.59. The first-order valence-corrected chi connectivity index (χ1v) is 14.0. The SMILES string of the molecule is C[C@@H]1CN(C)CCN1c1cc(N2CCNCC2)cc(C(=N)NC(=O)C2(C)CCCc3sc(N)c(N)c32)n1. The Morgan fingerprint density at radius 2 is 2.00 bits per heavy atom. The van der Waals surface area contributed by atoms with Gasteiger partial charge in [-0.25, -0.2) is 4.98 Å². The Kier molecular flexibility index (Phi) is 7.03. The number of carbonyl (C=O) groups excluding carboxylic acids is 1. The number of pyridine rings is 1. The fourth-order valence-electron chi connectivity index (χ4n) is 5.93. The highest BCUT2D eigenvalue weighted by atomic mass is 32.1. The molecular formula is C26H39N9OS. The number of aryl methyl sites for hydroxylation is 1. The van der Waals surface area contributed by atoms with Gasteiger partial charge in [0.2, 0.25) is 5.91 Å². The van der Waals surface area contributed by atoms with Gasteiger partial charge in [-0.3, -0.25) is 10.2 Å². The van der Waals surface area contributed by atoms with Gasteiger partial charge in [-0.2, -0.15) is 0 Å². The molecule has 4 heterocycles. The Balaban J connectivity index is 1.44. The second-order valence-electron chi connectivity index (χ2n) is 10.8. The number of amides is 1. The van der Waals surface area contributed by atoms with E-state index < -0.39 is 5.41 Å². The van der Waals surface area contributed by atoms with Crippen LogP contribution in [0.5, 0.6) is 0 Å². The summed E-state index contributed by atoms with van der Waals surface area (Å²) in [4.78, 5) is 26.6. The largest absolute Gasteiger partial charge is 0.396 e. The Bertz CT molecular complexity index is 1190. The van der Waals surface area contributed by atoms with E-state index in [9.17, 15) is 4.79 Å². The maximum absolute atomic E-state index is 13.7. The number of fused-ring (bicyclic) bond motifs is 1. The number of rotatable bonds is 4. The highest BCUT2D eigenvalue weighted by Crippen LogP contribution is 2.47. The molecule has 2 fully saturated rings. The second-order valence-corrected chi connectivity index (χ2v) is 11.9. The Morgan fingerprint density at radius 3 is 2.73 bits per heavy atom. The van der Waals surface area contributed by atoms with Gasteiger partial charge in [0.1, 0.15) is 16.5 Å². The number of hydrogen-bond donors (Lipinski definition) is 5. The standard InChI is InChI=1S/C26H39N9OS/c1-16-15-33(3)11-12-35(16)20-14-17(34-9-7-30-8-10-34)13-18(31-20)23(28)32-25(36)26(2)6-4-5-19-21(26)22(27)24(29)37-19/h13-14,16,30H,4-12,15,27,29H2,1-3H3,(H2,28,32,36)/t16-,26?/m1/s1. The molecule has 10 nitrogen and oxygen atoms in total. The summed E-state index contributed by atoms with van der Waals surface area (Å²) in [7, 11) is 2.14. The van der Waals surface area contributed by atoms with E-state index in [1.165, 1.54) is 11.3 Å². The van der Waals surface area contributed by atoms with Crippen LogP contribution in [0.3, 0.4) is 0 Å². The zero-order valence-corrected chi connectivity index (χ0v) is 22.9. The molecule has 3 aliphatic rings. The summed E-state index contributed by atoms with van der Waals surface area (Å²) in [6.07, 6.45) is 2.42. The third-order valence-corrected chi connectivity index (χ3v) is 9.17. The molecule has 1 amide bonds. The van der Waals surface area contributed by atoms with Crippen LogP contribution in [-0.2, 0) is 16.6 Å². The van der Waals surface area contributed by atoms with Crippen molar-refractivity contribution < 1.29 is 4.79 Å². The second kappa shape index (κ2) is 10.1. The number of anilines is 4. The van der Waals surface area contributed by atoms with Crippen molar-refractivity contribution in [1.29, 1.82) is 5.41 Å². The average Bonchev–Trinajstić information content (AvgIpc) is 3.18. The van der Waals surface area contributed by atoms with Crippen LogP contribution in [0.2, 0.25) is 0 Å². The minimum Gasteiger partial charge on any atom is -0.396 e. The van der Waals surface area contributed by atoms with Crippen molar-refractivity contribution in [2.45, 2.75) is 44.6 Å². The number of nitrogens with one attached hydrogen (secondary N) is 3. The third-order valence-electron chi connectivity index (χ3n) is 8.08. The quantitative estimate of drug-likeness (QED) is 0.300. The van der Waals surface area contributed by atoms with Crippen molar-refractivity contribution in [2.24, 2.45) is 0 Å². The summed E-state index contributed by atoms with van der Waals surface area (Å²) in [5.74, 6) is 0.638. The molecule has 1 aliphatic carbocycles. The lowest BCUT2D eigenvalue weighted by molar-refractivity contribution is -0.125. The van der Waals surface area contributed by atoms with Crippen LogP contribution in [0.15, 0.2) is 12.1 Å². The maximum atomic E-state index is 13.7. The molecule has 2 atom stereocenters. The summed E-state index contributed by atoms with van der Waals surface area (Å²) in [5, 5.41) is 15.8. The summed E-state index contributed by atoms with van der Waals surface area (Å²) in [5.41, 5.74) is 14.5. The predicted molar refractivity (Wildman–Crippen MR) is 152 cm³/mol. The monoisotopic (exact) mass is 525 g/mol. The first-order valence-electron chi connectivity index (χ1n) is 13.2. The topological polar surface area (TPSA) is 140 Å². The molecule has 11 heteroatoms. The number of nitrogen functional groups attached to an aromatic ring is 2. The van der Waals surface area contributed by atoms with Crippen LogP contribution >= 0.6 is 11.3 Å². The Morgan fingerprint density at radius 1 is 1.24 bits per heavy atom. The van der Waals surface area contributed by atoms with E-state index in [2.05, 4.69) is 45.4 Å². The van der Waals surface area contributed by atoms with Crippen LogP contribution in [-0.4, -0.2) is 80.5 Å². The molecule has 0 spiro atoms. The molecule has 200 valence electrons. The molecule has 37 heavy (non-hydrogen) atoms. The average molecular weight is 526 g/mol. The van der Waals surface area contributed by atoms with E-state index in [0.717, 1.165) is 80.6 Å². The van der Waals surface area contributed by atoms with Gasteiger partial charge in [0, 0.05) is 74.0 Å². The fourth-order valence-corrected chi connectivity index (χ4v) is 7.09. The Hall–Kier alpha value is -2.89. The van der Waals surface area contributed by atoms with Gasteiger partial charge >= 0.3 is 0 Å². The van der Waals surface area contributed by atoms with Crippen LogP contribution in [0, 0.1) is 5.41 Å². The lowest BCUT2D eigenvalue weighted by atomic mass is 9.72. The van der Waals surface area contributed by atoms with Crippen molar-refractivity contribution in [3.05, 3.63) is 28.3 Å². The molecule has 0 saturated carbocycles. The highest BCUT2D eigenvalue weighted by Gasteiger charge is 2.43. The van der Waals surface area contributed by atoms with Crippen molar-refractivity contribution in [3.8, 4) is 0 Å². The van der Waals surface area contributed by atoms with Crippen molar-refractivity contribution in [3.63, 3.8) is 0 Å². The van der Waals surface area contributed by atoms with Gasteiger partial charge in [-0.15, -0.1) is 11.3 Å². The molecule has 5 rings (SSSR count). The highest BCUT2D eigenvalue weighted by molar-refractivity contribution is 7.16. The zero-order valence-electron chi connectivity index (χ0n) is 22.1. The molecule has 0 bridgehead atoms. The summed E-state index contributed by atoms with van der Waals surface area (Å²) >= 11 is 1.47.